The molecule has 12 nitrogen and oxygen atoms in total. The Morgan fingerprint density at radius 3 is 2.95 bits per heavy atom. The van der Waals surface area contributed by atoms with Crippen LogP contribution >= 0.6 is 34.7 Å². The molecule has 1 saturated heterocycles. The molecule has 0 unspecified atom stereocenters. The van der Waals surface area contributed by atoms with Crippen LogP contribution in [-0.4, -0.2) is 66.7 Å². The summed E-state index contributed by atoms with van der Waals surface area (Å²) in [6.07, 6.45) is 5.42. The standard InChI is InChI=1S/C22H20ClN7O5S2/c1-2-35-27-15(13-10-37-22(24)25-13)18(31)26-16-19(32)30-17(21(33)34)11(9-36-20(16)30)7-28-5-6-29-12(8-28)3-4-14(29)23/h3-6,8,10,16,20H,2,7,9H2,1H3,(H3-,24,25,26,31,33,34)/p+1/b27-15-/t16-,20-/m1/s1. The number of carboxylic acid groups (broad SMARTS) is 1. The molecule has 1 fully saturated rings. The Bertz CT molecular complexity index is 1480. The number of nitrogens with zero attached hydrogens (tertiary/aromatic N) is 5. The fourth-order valence-electron chi connectivity index (χ4n) is 4.13. The SMILES string of the molecule is CCO/N=C(\C(=O)N[C@@H]1C(=O)N2C(C(=O)O)=C(C[n+]3ccn4c(Cl)ccc4c3)CS[C@H]12)c1csc(N)n1. The predicted octanol–water partition coefficient (Wildman–Crippen LogP) is 1.10. The van der Waals surface area contributed by atoms with Crippen molar-refractivity contribution >= 4 is 68.8 Å². The van der Waals surface area contributed by atoms with Crippen LogP contribution in [0.1, 0.15) is 12.6 Å². The maximum Gasteiger partial charge on any atom is 0.352 e. The number of carboxylic acids is 1. The lowest BCUT2D eigenvalue weighted by Gasteiger charge is -2.49. The van der Waals surface area contributed by atoms with Gasteiger partial charge in [-0.25, -0.2) is 9.78 Å². The number of thioether (sulfide) groups is 1. The normalized spacial score (nSPS) is 19.6. The van der Waals surface area contributed by atoms with Crippen molar-refractivity contribution in [3.63, 3.8) is 0 Å². The van der Waals surface area contributed by atoms with E-state index < -0.39 is 29.2 Å². The highest BCUT2D eigenvalue weighted by molar-refractivity contribution is 8.00. The lowest BCUT2D eigenvalue weighted by atomic mass is 10.0. The fraction of sp³-hybridized carbons (Fsp3) is 0.273. The average Bonchev–Trinajstić information content (AvgIpc) is 3.47. The number of carbonyl (C=O) groups is 3. The van der Waals surface area contributed by atoms with Crippen molar-refractivity contribution in [2.24, 2.45) is 5.16 Å². The molecule has 3 aromatic rings. The number of hydrogen-bond acceptors (Lipinski definition) is 9. The number of fused-ring (bicyclic) bond motifs is 2. The van der Waals surface area contributed by atoms with Crippen LogP contribution in [0.2, 0.25) is 5.15 Å². The highest BCUT2D eigenvalue weighted by atomic mass is 35.5. The van der Waals surface area contributed by atoms with E-state index in [2.05, 4.69) is 15.5 Å². The highest BCUT2D eigenvalue weighted by Crippen LogP contribution is 2.40. The molecule has 5 rings (SSSR count). The maximum atomic E-state index is 13.1. The fourth-order valence-corrected chi connectivity index (χ4v) is 6.23. The second-order valence-corrected chi connectivity index (χ2v) is 10.5. The smallest absolute Gasteiger partial charge is 0.352 e. The minimum Gasteiger partial charge on any atom is -0.477 e. The molecule has 37 heavy (non-hydrogen) atoms. The molecule has 2 atom stereocenters. The van der Waals surface area contributed by atoms with Gasteiger partial charge in [0.05, 0.1) is 6.20 Å². The summed E-state index contributed by atoms with van der Waals surface area (Å²) in [5, 5.41) is 18.3. The molecule has 3 aromatic heterocycles. The van der Waals surface area contributed by atoms with Crippen molar-refractivity contribution in [3.05, 3.63) is 58.2 Å². The van der Waals surface area contributed by atoms with Crippen LogP contribution in [-0.2, 0) is 25.8 Å². The van der Waals surface area contributed by atoms with Crippen LogP contribution in [0.3, 0.4) is 0 Å². The van der Waals surface area contributed by atoms with Crippen LogP contribution in [0.4, 0.5) is 5.13 Å². The number of nitrogens with two attached hydrogens (primary N) is 1. The lowest BCUT2D eigenvalue weighted by molar-refractivity contribution is -0.688. The van der Waals surface area contributed by atoms with Crippen molar-refractivity contribution in [1.29, 1.82) is 0 Å². The van der Waals surface area contributed by atoms with E-state index in [1.54, 1.807) is 35.2 Å². The van der Waals surface area contributed by atoms with Gasteiger partial charge in [0.15, 0.2) is 29.8 Å². The minimum absolute atomic E-state index is 0.0736. The number of nitrogens with one attached hydrogen (secondary N) is 1. The third-order valence-electron chi connectivity index (χ3n) is 5.78. The Morgan fingerprint density at radius 2 is 2.24 bits per heavy atom. The molecule has 0 bridgehead atoms. The van der Waals surface area contributed by atoms with Gasteiger partial charge >= 0.3 is 5.97 Å². The number of amides is 2. The first-order chi connectivity index (χ1) is 17.8. The van der Waals surface area contributed by atoms with Gasteiger partial charge in [0.1, 0.15) is 40.1 Å². The Labute approximate surface area is 223 Å². The lowest BCUT2D eigenvalue weighted by Crippen LogP contribution is -2.71. The van der Waals surface area contributed by atoms with Gasteiger partial charge in [-0.3, -0.25) is 18.9 Å². The summed E-state index contributed by atoms with van der Waals surface area (Å²) < 4.78 is 3.63. The number of thiazole rings is 1. The summed E-state index contributed by atoms with van der Waals surface area (Å²) in [5.41, 5.74) is 7.14. The summed E-state index contributed by atoms with van der Waals surface area (Å²) >= 11 is 8.65. The van der Waals surface area contributed by atoms with Crippen molar-refractivity contribution in [2.75, 3.05) is 18.1 Å². The largest absolute Gasteiger partial charge is 0.477 e. The Hall–Kier alpha value is -3.62. The zero-order valence-electron chi connectivity index (χ0n) is 19.3. The van der Waals surface area contributed by atoms with Crippen molar-refractivity contribution in [1.82, 2.24) is 19.6 Å². The van der Waals surface area contributed by atoms with Gasteiger partial charge in [-0.15, -0.1) is 23.1 Å². The zero-order chi connectivity index (χ0) is 26.3. The number of oxime groups is 1. The van der Waals surface area contributed by atoms with Gasteiger partial charge in [0.25, 0.3) is 11.8 Å². The molecule has 4 N–H and O–H groups in total. The van der Waals surface area contributed by atoms with Crippen LogP contribution in [0.5, 0.6) is 0 Å². The third kappa shape index (κ3) is 4.63. The Morgan fingerprint density at radius 1 is 1.43 bits per heavy atom. The molecule has 2 aliphatic heterocycles. The highest BCUT2D eigenvalue weighted by Gasteiger charge is 2.54. The molecular weight excluding hydrogens is 542 g/mol. The van der Waals surface area contributed by atoms with Gasteiger partial charge in [0.2, 0.25) is 0 Å². The Balaban J connectivity index is 1.35. The van der Waals surface area contributed by atoms with Crippen LogP contribution in [0, 0.1) is 0 Å². The van der Waals surface area contributed by atoms with Crippen LogP contribution in [0.15, 0.2) is 52.5 Å². The number of hydrogen-bond donors (Lipinski definition) is 3. The number of carbonyl (C=O) groups excluding carboxylic acids is 2. The molecule has 5 heterocycles. The number of halogens is 1. The number of aromatic nitrogens is 3. The average molecular weight is 563 g/mol. The topological polar surface area (TPSA) is 156 Å². The number of anilines is 1. The Kier molecular flexibility index (Phi) is 6.79. The quantitative estimate of drug-likeness (QED) is 0.159. The van der Waals surface area contributed by atoms with E-state index in [0.717, 1.165) is 16.9 Å². The molecule has 192 valence electrons. The summed E-state index contributed by atoms with van der Waals surface area (Å²) in [7, 11) is 0. The summed E-state index contributed by atoms with van der Waals surface area (Å²) in [6.45, 7) is 2.21. The monoisotopic (exact) mass is 562 g/mol. The second kappa shape index (κ2) is 10.0. The molecule has 2 aliphatic rings. The van der Waals surface area contributed by atoms with Gasteiger partial charge < -0.3 is 21.0 Å². The minimum atomic E-state index is -1.21. The van der Waals surface area contributed by atoms with E-state index in [0.29, 0.717) is 16.5 Å². The van der Waals surface area contributed by atoms with Gasteiger partial charge in [0, 0.05) is 16.7 Å². The van der Waals surface area contributed by atoms with Crippen LogP contribution < -0.4 is 15.6 Å². The molecule has 0 aliphatic carbocycles. The van der Waals surface area contributed by atoms with Crippen LogP contribution in [0.25, 0.3) is 5.52 Å². The van der Waals surface area contributed by atoms with Crippen molar-refractivity contribution in [2.45, 2.75) is 24.9 Å². The molecule has 0 saturated carbocycles. The molecule has 2 amide bonds. The first kappa shape index (κ1) is 25.0. The first-order valence-electron chi connectivity index (χ1n) is 11.1. The van der Waals surface area contributed by atoms with Crippen molar-refractivity contribution in [3.8, 4) is 0 Å². The number of aliphatic carboxylic acids is 1. The summed E-state index contributed by atoms with van der Waals surface area (Å²) in [5.74, 6) is -2.03. The molecule has 0 spiro atoms. The summed E-state index contributed by atoms with van der Waals surface area (Å²) in [4.78, 5) is 48.6. The third-order valence-corrected chi connectivity index (χ3v) is 8.10. The predicted molar refractivity (Wildman–Crippen MR) is 137 cm³/mol. The maximum absolute atomic E-state index is 13.1. The molecule has 15 heteroatoms. The number of nitrogen functional groups attached to an aromatic ring is 1. The zero-order valence-corrected chi connectivity index (χ0v) is 21.7. The van der Waals surface area contributed by atoms with Gasteiger partial charge in [-0.1, -0.05) is 16.8 Å². The van der Waals surface area contributed by atoms with Gasteiger partial charge in [-0.2, -0.15) is 4.57 Å². The summed E-state index contributed by atoms with van der Waals surface area (Å²) in [6, 6.07) is 2.69. The van der Waals surface area contributed by atoms with E-state index in [1.165, 1.54) is 16.7 Å². The van der Waals surface area contributed by atoms with Crippen molar-refractivity contribution < 1.29 is 28.9 Å². The first-order valence-corrected chi connectivity index (χ1v) is 13.4. The van der Waals surface area contributed by atoms with Gasteiger partial charge in [-0.05, 0) is 19.1 Å². The van der Waals surface area contributed by atoms with E-state index in [1.807, 2.05) is 16.8 Å². The second-order valence-electron chi connectivity index (χ2n) is 8.10. The van der Waals surface area contributed by atoms with E-state index in [-0.39, 0.29) is 35.4 Å². The number of rotatable bonds is 8. The molecular formula is C22H21ClN7O5S2+. The molecule has 0 radical (unpaired) electrons. The van der Waals surface area contributed by atoms with E-state index in [4.69, 9.17) is 22.2 Å². The number of β-lactam (4-membered cyclic amide) rings is 1. The van der Waals surface area contributed by atoms with E-state index >= 15 is 0 Å². The van der Waals surface area contributed by atoms with E-state index in [9.17, 15) is 19.5 Å². The molecule has 0 aromatic carbocycles.